The minimum absolute atomic E-state index is 0.0454. The predicted molar refractivity (Wildman–Crippen MR) is 43.2 cm³/mol. The first kappa shape index (κ1) is 9.50. The summed E-state index contributed by atoms with van der Waals surface area (Å²) < 4.78 is 0. The molecule has 0 unspecified atom stereocenters. The van der Waals surface area contributed by atoms with Gasteiger partial charge in [0.2, 0.25) is 5.91 Å². The first-order valence-electron chi connectivity index (χ1n) is 3.02. The third kappa shape index (κ3) is 3.51. The number of amides is 1. The van der Waals surface area contributed by atoms with Crippen LogP contribution in [0.4, 0.5) is 0 Å². The van der Waals surface area contributed by atoms with Crippen molar-refractivity contribution in [1.82, 2.24) is 4.90 Å². The summed E-state index contributed by atoms with van der Waals surface area (Å²) in [6, 6.07) is 0. The molecule has 0 aliphatic heterocycles. The maximum absolute atomic E-state index is 10.8. The van der Waals surface area contributed by atoms with Crippen LogP contribution < -0.4 is 0 Å². The molecule has 58 valence electrons. The molecular formula is C7H12ClNO. The smallest absolute Gasteiger partial charge is 0.237 e. The monoisotopic (exact) mass is 161 g/mol. The van der Waals surface area contributed by atoms with Crippen molar-refractivity contribution < 1.29 is 4.79 Å². The van der Waals surface area contributed by atoms with Crippen molar-refractivity contribution in [2.24, 2.45) is 0 Å². The lowest BCUT2D eigenvalue weighted by atomic mass is 10.3. The van der Waals surface area contributed by atoms with Gasteiger partial charge >= 0.3 is 0 Å². The van der Waals surface area contributed by atoms with Crippen molar-refractivity contribution in [1.29, 1.82) is 0 Å². The standard InChI is InChI=1S/C7H12ClNO/c1-6(2)5-9(3)7(10)4-8/h1,4-5H2,2-3H3. The van der Waals surface area contributed by atoms with E-state index >= 15 is 0 Å². The van der Waals surface area contributed by atoms with Gasteiger partial charge in [-0.25, -0.2) is 0 Å². The normalized spacial score (nSPS) is 9.10. The van der Waals surface area contributed by atoms with Crippen LogP contribution in [0.5, 0.6) is 0 Å². The molecule has 0 spiro atoms. The van der Waals surface area contributed by atoms with Gasteiger partial charge in [-0.15, -0.1) is 11.6 Å². The number of hydrogen-bond donors (Lipinski definition) is 0. The summed E-state index contributed by atoms with van der Waals surface area (Å²) in [5.74, 6) is -0.0197. The van der Waals surface area contributed by atoms with Gasteiger partial charge in [0.05, 0.1) is 0 Å². The van der Waals surface area contributed by atoms with Crippen LogP contribution in [0.2, 0.25) is 0 Å². The molecule has 0 fully saturated rings. The van der Waals surface area contributed by atoms with Crippen molar-refractivity contribution in [3.05, 3.63) is 12.2 Å². The van der Waals surface area contributed by atoms with Crippen LogP contribution >= 0.6 is 11.6 Å². The Bertz CT molecular complexity index is 145. The summed E-state index contributed by atoms with van der Waals surface area (Å²) in [6.07, 6.45) is 0. The lowest BCUT2D eigenvalue weighted by Gasteiger charge is -2.14. The zero-order chi connectivity index (χ0) is 8.15. The summed E-state index contributed by atoms with van der Waals surface area (Å²) in [4.78, 5) is 12.4. The number of rotatable bonds is 3. The summed E-state index contributed by atoms with van der Waals surface area (Å²) in [5, 5.41) is 0. The van der Waals surface area contributed by atoms with Crippen molar-refractivity contribution in [3.63, 3.8) is 0 Å². The van der Waals surface area contributed by atoms with Crippen LogP contribution in [0.15, 0.2) is 12.2 Å². The lowest BCUT2D eigenvalue weighted by Crippen LogP contribution is -2.28. The zero-order valence-corrected chi connectivity index (χ0v) is 7.11. The van der Waals surface area contributed by atoms with Crippen LogP contribution in [0, 0.1) is 0 Å². The van der Waals surface area contributed by atoms with Crippen LogP contribution in [0.1, 0.15) is 6.92 Å². The molecule has 0 aromatic carbocycles. The minimum Gasteiger partial charge on any atom is -0.341 e. The molecule has 0 aliphatic carbocycles. The van der Waals surface area contributed by atoms with Crippen LogP contribution in [0.25, 0.3) is 0 Å². The molecule has 0 radical (unpaired) electrons. The van der Waals surface area contributed by atoms with E-state index < -0.39 is 0 Å². The Morgan fingerprint density at radius 2 is 2.20 bits per heavy atom. The Morgan fingerprint density at radius 1 is 1.70 bits per heavy atom. The maximum atomic E-state index is 10.8. The first-order chi connectivity index (χ1) is 4.57. The number of carbonyl (C=O) groups excluding carboxylic acids is 1. The first-order valence-corrected chi connectivity index (χ1v) is 3.55. The number of carbonyl (C=O) groups is 1. The molecule has 0 heterocycles. The van der Waals surface area contributed by atoms with Crippen LogP contribution in [-0.2, 0) is 4.79 Å². The Labute approximate surface area is 66.5 Å². The number of likely N-dealkylation sites (N-methyl/N-ethyl adjacent to an activating group) is 1. The van der Waals surface area contributed by atoms with E-state index in [1.54, 1.807) is 11.9 Å². The van der Waals surface area contributed by atoms with Crippen molar-refractivity contribution in [2.45, 2.75) is 6.92 Å². The van der Waals surface area contributed by atoms with Gasteiger partial charge in [-0.05, 0) is 6.92 Å². The highest BCUT2D eigenvalue weighted by atomic mass is 35.5. The van der Waals surface area contributed by atoms with Gasteiger partial charge in [0.25, 0.3) is 0 Å². The molecule has 0 aromatic rings. The quantitative estimate of drug-likeness (QED) is 0.451. The minimum atomic E-state index is -0.0651. The van der Waals surface area contributed by atoms with Gasteiger partial charge in [0.1, 0.15) is 5.88 Å². The van der Waals surface area contributed by atoms with E-state index in [1.165, 1.54) is 0 Å². The highest BCUT2D eigenvalue weighted by Gasteiger charge is 2.04. The average molecular weight is 162 g/mol. The molecule has 2 nitrogen and oxygen atoms in total. The lowest BCUT2D eigenvalue weighted by molar-refractivity contribution is -0.126. The van der Waals surface area contributed by atoms with Gasteiger partial charge in [0.15, 0.2) is 0 Å². The topological polar surface area (TPSA) is 20.3 Å². The summed E-state index contributed by atoms with van der Waals surface area (Å²) in [6.45, 7) is 6.14. The third-order valence-corrected chi connectivity index (χ3v) is 1.28. The van der Waals surface area contributed by atoms with E-state index in [1.807, 2.05) is 6.92 Å². The molecular weight excluding hydrogens is 150 g/mol. The molecule has 0 rings (SSSR count). The second kappa shape index (κ2) is 4.34. The second-order valence-electron chi connectivity index (χ2n) is 2.34. The fourth-order valence-corrected chi connectivity index (χ4v) is 0.799. The van der Waals surface area contributed by atoms with Gasteiger partial charge in [-0.1, -0.05) is 12.2 Å². The summed E-state index contributed by atoms with van der Waals surface area (Å²) in [5.41, 5.74) is 0.959. The highest BCUT2D eigenvalue weighted by molar-refractivity contribution is 6.27. The van der Waals surface area contributed by atoms with Gasteiger partial charge in [-0.3, -0.25) is 4.79 Å². The zero-order valence-electron chi connectivity index (χ0n) is 6.35. The van der Waals surface area contributed by atoms with Crippen LogP contribution in [-0.4, -0.2) is 30.3 Å². The third-order valence-electron chi connectivity index (χ3n) is 1.05. The van der Waals surface area contributed by atoms with Crippen molar-refractivity contribution in [2.75, 3.05) is 19.5 Å². The SMILES string of the molecule is C=C(C)CN(C)C(=O)CCl. The van der Waals surface area contributed by atoms with Gasteiger partial charge in [0, 0.05) is 13.6 Å². The number of nitrogens with zero attached hydrogens (tertiary/aromatic N) is 1. The Hall–Kier alpha value is -0.500. The summed E-state index contributed by atoms with van der Waals surface area (Å²) in [7, 11) is 1.71. The van der Waals surface area contributed by atoms with E-state index in [0.717, 1.165) is 5.57 Å². The number of hydrogen-bond acceptors (Lipinski definition) is 1. The van der Waals surface area contributed by atoms with E-state index in [0.29, 0.717) is 6.54 Å². The number of halogens is 1. The molecule has 1 amide bonds. The van der Waals surface area contributed by atoms with Gasteiger partial charge in [-0.2, -0.15) is 0 Å². The van der Waals surface area contributed by atoms with E-state index in [-0.39, 0.29) is 11.8 Å². The molecule has 0 aliphatic rings. The molecule has 10 heavy (non-hydrogen) atoms. The molecule has 0 bridgehead atoms. The molecule has 0 atom stereocenters. The Kier molecular flexibility index (Phi) is 4.12. The van der Waals surface area contributed by atoms with E-state index in [4.69, 9.17) is 11.6 Å². The highest BCUT2D eigenvalue weighted by Crippen LogP contribution is 1.93. The molecule has 0 saturated carbocycles. The fourth-order valence-electron chi connectivity index (χ4n) is 0.595. The fraction of sp³-hybridized carbons (Fsp3) is 0.571. The number of alkyl halides is 1. The molecule has 3 heteroatoms. The molecule has 0 saturated heterocycles. The Morgan fingerprint density at radius 3 is 2.50 bits per heavy atom. The van der Waals surface area contributed by atoms with E-state index in [2.05, 4.69) is 6.58 Å². The maximum Gasteiger partial charge on any atom is 0.237 e. The van der Waals surface area contributed by atoms with E-state index in [9.17, 15) is 4.79 Å². The largest absolute Gasteiger partial charge is 0.341 e. The van der Waals surface area contributed by atoms with Crippen LogP contribution in [0.3, 0.4) is 0 Å². The van der Waals surface area contributed by atoms with Gasteiger partial charge < -0.3 is 4.90 Å². The molecule has 0 N–H and O–H groups in total. The summed E-state index contributed by atoms with van der Waals surface area (Å²) >= 11 is 5.31. The van der Waals surface area contributed by atoms with Crippen molar-refractivity contribution >= 4 is 17.5 Å². The Balaban J connectivity index is 3.72. The second-order valence-corrected chi connectivity index (χ2v) is 2.61. The molecule has 0 aromatic heterocycles. The average Bonchev–Trinajstić information content (AvgIpc) is 1.85. The predicted octanol–water partition coefficient (Wildman–Crippen LogP) is 1.26. The van der Waals surface area contributed by atoms with Crippen molar-refractivity contribution in [3.8, 4) is 0 Å².